The summed E-state index contributed by atoms with van der Waals surface area (Å²) in [6, 6.07) is 54.6. The third-order valence-corrected chi connectivity index (χ3v) is 13.0. The molecule has 0 radical (unpaired) electrons. The molecule has 0 aromatic heterocycles. The van der Waals surface area contributed by atoms with E-state index in [0.29, 0.717) is 46.5 Å². The summed E-state index contributed by atoms with van der Waals surface area (Å²) < 4.78 is 59.2. The van der Waals surface area contributed by atoms with Crippen molar-refractivity contribution in [3.8, 4) is 33.9 Å². The van der Waals surface area contributed by atoms with E-state index in [1.54, 1.807) is 55.9 Å². The van der Waals surface area contributed by atoms with E-state index in [2.05, 4.69) is 33.7 Å². The Morgan fingerprint density at radius 2 is 1.28 bits per heavy atom. The van der Waals surface area contributed by atoms with E-state index in [-0.39, 0.29) is 4.90 Å². The van der Waals surface area contributed by atoms with Gasteiger partial charge in [-0.05, 0) is 66.7 Å². The highest BCUT2D eigenvalue weighted by Crippen LogP contribution is 2.44. The predicted octanol–water partition coefficient (Wildman–Crippen LogP) is 11.0. The van der Waals surface area contributed by atoms with Crippen LogP contribution in [0.15, 0.2) is 189 Å². The topological polar surface area (TPSA) is 95.1 Å². The molecule has 8 rings (SSSR count). The van der Waals surface area contributed by atoms with Crippen molar-refractivity contribution >= 4 is 61.7 Å². The molecule has 0 spiro atoms. The first kappa shape index (κ1) is 40.8. The second kappa shape index (κ2) is 18.5. The number of ether oxygens (including phenoxy) is 2. The van der Waals surface area contributed by atoms with Crippen LogP contribution in [0, 0.1) is 0 Å². The van der Waals surface area contributed by atoms with Crippen LogP contribution in [0.5, 0.6) is 11.5 Å². The third-order valence-electron chi connectivity index (χ3n) is 10.1. The molecule has 0 amide bonds. The number of hydrogen-bond acceptors (Lipinski definition) is 9. The molecule has 302 valence electrons. The van der Waals surface area contributed by atoms with Crippen molar-refractivity contribution < 1.29 is 26.9 Å². The van der Waals surface area contributed by atoms with Gasteiger partial charge in [0.05, 0.1) is 36.6 Å². The number of para-hydroxylation sites is 4. The molecule has 0 bridgehead atoms. The molecule has 1 aliphatic heterocycles. The molecule has 1 aliphatic carbocycles. The number of fused-ring (bicyclic) bond motifs is 2. The fourth-order valence-corrected chi connectivity index (χ4v) is 9.81. The Morgan fingerprint density at radius 1 is 0.650 bits per heavy atom. The minimum Gasteiger partial charge on any atom is -0.744 e. The summed E-state index contributed by atoms with van der Waals surface area (Å²) in [5.41, 5.74) is 4.70. The van der Waals surface area contributed by atoms with Gasteiger partial charge in [-0.15, -0.1) is 23.5 Å². The van der Waals surface area contributed by atoms with Gasteiger partial charge in [-0.1, -0.05) is 78.9 Å². The van der Waals surface area contributed by atoms with Crippen molar-refractivity contribution in [2.45, 2.75) is 14.7 Å². The molecule has 6 aromatic carbocycles. The Hall–Kier alpha value is -5.98. The highest BCUT2D eigenvalue weighted by Gasteiger charge is 2.25. The molecule has 0 saturated heterocycles. The van der Waals surface area contributed by atoms with E-state index in [0.717, 1.165) is 45.4 Å². The summed E-state index contributed by atoms with van der Waals surface area (Å²) >= 11 is 3.52. The first-order chi connectivity index (χ1) is 29.3. The summed E-state index contributed by atoms with van der Waals surface area (Å²) in [5.74, 6) is 3.52. The maximum atomic E-state index is 12.8. The van der Waals surface area contributed by atoms with E-state index >= 15 is 0 Å². The number of hydrogen-bond donors (Lipinski definition) is 0. The summed E-state index contributed by atoms with van der Waals surface area (Å²) in [6.07, 6.45) is 0. The van der Waals surface area contributed by atoms with Crippen molar-refractivity contribution in [1.82, 2.24) is 4.58 Å². The standard InChI is InChI=1S/C49H42N2O6S3/c1-55-44-22-12-10-20-42(44)50(29-31-58-37-15-5-3-6-16-37)35-25-27-39-46(33-35)57-47-34-36(26-28-40(47)49(39)41-19-9-14-24-48(41)60(52,53)54)51(43-21-11-13-23-45(43)56-2)30-32-59-38-17-7-4-8-18-38/h3-28,33-34H,29-32H2,1-2H3. The molecular weight excluding hydrogens is 809 g/mol. The van der Waals surface area contributed by atoms with E-state index < -0.39 is 10.1 Å². The van der Waals surface area contributed by atoms with Gasteiger partial charge < -0.3 is 23.3 Å². The first-order valence-electron chi connectivity index (χ1n) is 19.4. The van der Waals surface area contributed by atoms with Gasteiger partial charge in [0, 0.05) is 68.1 Å². The van der Waals surface area contributed by atoms with Crippen LogP contribution in [0.3, 0.4) is 0 Å². The lowest BCUT2D eigenvalue weighted by atomic mass is 9.93. The fraction of sp³-hybridized carbons (Fsp3) is 0.122. The molecule has 11 heteroatoms. The van der Waals surface area contributed by atoms with Gasteiger partial charge in [0.2, 0.25) is 11.0 Å². The number of benzene rings is 7. The lowest BCUT2D eigenvalue weighted by Crippen LogP contribution is -2.28. The number of thioether (sulfide) groups is 2. The molecule has 1 heterocycles. The average molecular weight is 851 g/mol. The van der Waals surface area contributed by atoms with Gasteiger partial charge in [-0.3, -0.25) is 0 Å². The Bertz CT molecular complexity index is 2900. The molecule has 0 fully saturated rings. The maximum absolute atomic E-state index is 12.8. The normalized spacial score (nSPS) is 12.1. The van der Waals surface area contributed by atoms with Crippen LogP contribution in [0.25, 0.3) is 33.4 Å². The fourth-order valence-electron chi connectivity index (χ4n) is 7.41. The van der Waals surface area contributed by atoms with Crippen LogP contribution in [0.4, 0.5) is 17.1 Å². The number of nitrogens with zero attached hydrogens (tertiary/aromatic N) is 2. The van der Waals surface area contributed by atoms with Crippen molar-refractivity contribution in [1.29, 1.82) is 0 Å². The zero-order chi connectivity index (χ0) is 41.5. The van der Waals surface area contributed by atoms with Gasteiger partial charge in [0.25, 0.3) is 0 Å². The molecule has 0 unspecified atom stereocenters. The van der Waals surface area contributed by atoms with Gasteiger partial charge in [0.15, 0.2) is 12.3 Å². The Kier molecular flexibility index (Phi) is 12.6. The molecule has 2 aliphatic rings. The largest absolute Gasteiger partial charge is 0.744 e. The zero-order valence-electron chi connectivity index (χ0n) is 33.1. The minimum atomic E-state index is -4.85. The second-order valence-electron chi connectivity index (χ2n) is 13.8. The van der Waals surface area contributed by atoms with E-state index in [1.807, 2.05) is 121 Å². The van der Waals surface area contributed by atoms with Crippen molar-refractivity contribution in [3.63, 3.8) is 0 Å². The summed E-state index contributed by atoms with van der Waals surface area (Å²) in [5, 5.41) is 1.51. The van der Waals surface area contributed by atoms with Crippen LogP contribution in [0.2, 0.25) is 0 Å². The van der Waals surface area contributed by atoms with E-state index in [4.69, 9.17) is 13.9 Å². The molecule has 6 aromatic rings. The van der Waals surface area contributed by atoms with Crippen LogP contribution >= 0.6 is 23.5 Å². The van der Waals surface area contributed by atoms with Crippen molar-refractivity contribution in [2.75, 3.05) is 43.7 Å². The molecule has 8 nitrogen and oxygen atoms in total. The number of methoxy groups -OCH3 is 2. The van der Waals surface area contributed by atoms with E-state index in [1.165, 1.54) is 15.9 Å². The van der Waals surface area contributed by atoms with Gasteiger partial charge in [0.1, 0.15) is 27.2 Å². The summed E-state index contributed by atoms with van der Waals surface area (Å²) in [4.78, 5) is 4.25. The Labute approximate surface area is 358 Å². The monoisotopic (exact) mass is 850 g/mol. The number of rotatable bonds is 15. The van der Waals surface area contributed by atoms with Crippen LogP contribution < -0.4 is 24.3 Å². The average Bonchev–Trinajstić information content (AvgIpc) is 3.28. The molecule has 60 heavy (non-hydrogen) atoms. The van der Waals surface area contributed by atoms with Crippen molar-refractivity contribution in [2.24, 2.45) is 0 Å². The minimum absolute atomic E-state index is 0.297. The lowest BCUT2D eigenvalue weighted by Gasteiger charge is -2.27. The Balaban J connectivity index is 1.34. The van der Waals surface area contributed by atoms with E-state index in [9.17, 15) is 13.0 Å². The highest BCUT2D eigenvalue weighted by molar-refractivity contribution is 7.99. The highest BCUT2D eigenvalue weighted by atomic mass is 32.2. The quantitative estimate of drug-likeness (QED) is 0.0432. The molecule has 0 saturated carbocycles. The lowest BCUT2D eigenvalue weighted by molar-refractivity contribution is 0.412. The molecular formula is C49H42N2O6S3. The second-order valence-corrected chi connectivity index (χ2v) is 17.4. The van der Waals surface area contributed by atoms with Crippen molar-refractivity contribution in [3.05, 3.63) is 175 Å². The molecule has 0 atom stereocenters. The predicted molar refractivity (Wildman–Crippen MR) is 243 cm³/mol. The molecule has 0 N–H and O–H groups in total. The number of anilines is 2. The van der Waals surface area contributed by atoms with Crippen LogP contribution in [-0.2, 0) is 10.1 Å². The summed E-state index contributed by atoms with van der Waals surface area (Å²) in [7, 11) is -1.52. The van der Waals surface area contributed by atoms with Crippen LogP contribution in [-0.4, -0.2) is 51.8 Å². The SMILES string of the molecule is COc1ccccc1N(CCSc1ccccc1)c1ccc2c(-c3ccccc3S(=O)(=O)[O-])c3ccc(=[N+](CCSc4ccccc4)c4ccccc4OC)cc-3oc2c1. The van der Waals surface area contributed by atoms with Gasteiger partial charge in [-0.25, -0.2) is 8.42 Å². The maximum Gasteiger partial charge on any atom is 0.248 e. The zero-order valence-corrected chi connectivity index (χ0v) is 35.5. The smallest absolute Gasteiger partial charge is 0.248 e. The third kappa shape index (κ3) is 8.95. The van der Waals surface area contributed by atoms with Crippen LogP contribution in [0.1, 0.15) is 0 Å². The van der Waals surface area contributed by atoms with Gasteiger partial charge >= 0.3 is 0 Å². The first-order valence-corrected chi connectivity index (χ1v) is 22.8. The Morgan fingerprint density at radius 3 is 2.00 bits per heavy atom. The summed E-state index contributed by atoms with van der Waals surface area (Å²) in [6.45, 7) is 1.28. The van der Waals surface area contributed by atoms with Gasteiger partial charge in [-0.2, -0.15) is 4.58 Å².